The number of amides is 2. The number of hydrogen-bond donors (Lipinski definition) is 3. The van der Waals surface area contributed by atoms with E-state index >= 15 is 0 Å². The molecule has 0 radical (unpaired) electrons. The third kappa shape index (κ3) is 9.41. The van der Waals surface area contributed by atoms with Crippen LogP contribution in [0, 0.1) is 11.3 Å². The number of carbonyl (C=O) groups excluding carboxylic acids is 2. The van der Waals surface area contributed by atoms with Gasteiger partial charge in [-0.05, 0) is 54.8 Å². The van der Waals surface area contributed by atoms with Gasteiger partial charge in [0, 0.05) is 25.6 Å². The van der Waals surface area contributed by atoms with E-state index in [1.807, 2.05) is 65.0 Å². The van der Waals surface area contributed by atoms with Gasteiger partial charge < -0.3 is 19.9 Å². The Bertz CT molecular complexity index is 1410. The van der Waals surface area contributed by atoms with Crippen LogP contribution in [0.25, 0.3) is 0 Å². The molecule has 2 aromatic rings. The molecule has 2 aromatic carbocycles. The lowest BCUT2D eigenvalue weighted by atomic mass is 9.91. The number of hydrogen-bond acceptors (Lipinski definition) is 8. The molecule has 1 fully saturated rings. The van der Waals surface area contributed by atoms with Crippen molar-refractivity contribution >= 4 is 21.8 Å². The van der Waals surface area contributed by atoms with E-state index in [-0.39, 0.29) is 48.6 Å². The second kappa shape index (κ2) is 14.9. The molecule has 0 spiro atoms. The minimum absolute atomic E-state index is 0.0143. The highest BCUT2D eigenvalue weighted by Gasteiger charge is 2.38. The van der Waals surface area contributed by atoms with Crippen molar-refractivity contribution in [3.05, 3.63) is 54.1 Å². The number of sulfonamides is 1. The maximum atomic E-state index is 14.1. The molecule has 45 heavy (non-hydrogen) atoms. The Morgan fingerprint density at radius 2 is 1.73 bits per heavy atom. The molecular weight excluding hydrogens is 596 g/mol. The van der Waals surface area contributed by atoms with Crippen molar-refractivity contribution in [3.63, 3.8) is 0 Å². The first-order chi connectivity index (χ1) is 21.2. The van der Waals surface area contributed by atoms with Crippen LogP contribution in [0.3, 0.4) is 0 Å². The van der Waals surface area contributed by atoms with E-state index in [4.69, 9.17) is 9.47 Å². The largest absolute Gasteiger partial charge is 0.486 e. The van der Waals surface area contributed by atoms with Gasteiger partial charge in [0.1, 0.15) is 13.2 Å². The van der Waals surface area contributed by atoms with E-state index in [1.165, 1.54) is 21.4 Å². The molecular formula is C33H48N4O7S. The van der Waals surface area contributed by atoms with Crippen LogP contribution >= 0.6 is 0 Å². The summed E-state index contributed by atoms with van der Waals surface area (Å²) in [7, 11) is -4.10. The third-order valence-electron chi connectivity index (χ3n) is 7.73. The Labute approximate surface area is 267 Å². The molecule has 2 heterocycles. The lowest BCUT2D eigenvalue weighted by Gasteiger charge is -2.38. The van der Waals surface area contributed by atoms with Crippen LogP contribution in [-0.2, 0) is 26.0 Å². The number of fused-ring (bicyclic) bond motifs is 1. The summed E-state index contributed by atoms with van der Waals surface area (Å²) in [6.07, 6.45) is 0.419. The van der Waals surface area contributed by atoms with E-state index in [0.717, 1.165) is 12.0 Å². The van der Waals surface area contributed by atoms with Crippen molar-refractivity contribution in [3.8, 4) is 11.5 Å². The molecule has 0 bridgehead atoms. The van der Waals surface area contributed by atoms with Crippen LogP contribution in [0.2, 0.25) is 0 Å². The number of nitrogens with zero attached hydrogens (tertiary/aromatic N) is 2. The Balaban J connectivity index is 1.69. The third-order valence-corrected chi connectivity index (χ3v) is 9.56. The molecule has 1 saturated heterocycles. The van der Waals surface area contributed by atoms with Crippen molar-refractivity contribution in [1.82, 2.24) is 20.1 Å². The van der Waals surface area contributed by atoms with E-state index in [9.17, 15) is 23.1 Å². The topological polar surface area (TPSA) is 138 Å². The quantitative estimate of drug-likeness (QED) is 0.300. The van der Waals surface area contributed by atoms with Gasteiger partial charge in [0.2, 0.25) is 15.9 Å². The Kier molecular flexibility index (Phi) is 11.5. The van der Waals surface area contributed by atoms with Crippen molar-refractivity contribution in [1.29, 1.82) is 0 Å². The number of hydrazine groups is 1. The molecule has 248 valence electrons. The first-order valence-corrected chi connectivity index (χ1v) is 17.2. The molecule has 3 N–H and O–H groups in total. The molecule has 0 saturated carbocycles. The molecule has 2 amide bonds. The smallest absolute Gasteiger partial charge is 0.255 e. The molecule has 2 aliphatic rings. The highest BCUT2D eigenvalue weighted by Crippen LogP contribution is 2.33. The zero-order chi connectivity index (χ0) is 32.8. The molecule has 2 unspecified atom stereocenters. The Morgan fingerprint density at radius 1 is 1.04 bits per heavy atom. The molecule has 4 rings (SSSR count). The van der Waals surface area contributed by atoms with Crippen LogP contribution < -0.4 is 20.2 Å². The first kappa shape index (κ1) is 34.7. The summed E-state index contributed by atoms with van der Waals surface area (Å²) in [6.45, 7) is 10.8. The minimum Gasteiger partial charge on any atom is -0.486 e. The molecule has 0 aromatic heterocycles. The number of rotatable bonds is 12. The fraction of sp³-hybridized carbons (Fsp3) is 0.576. The van der Waals surface area contributed by atoms with Gasteiger partial charge in [0.05, 0.1) is 23.1 Å². The Hall–Kier alpha value is -3.19. The van der Waals surface area contributed by atoms with Gasteiger partial charge in [0.15, 0.2) is 11.5 Å². The number of aliphatic hydroxyl groups excluding tert-OH is 1. The maximum absolute atomic E-state index is 14.1. The molecule has 3 atom stereocenters. The summed E-state index contributed by atoms with van der Waals surface area (Å²) >= 11 is 0. The van der Waals surface area contributed by atoms with Crippen LogP contribution in [0.1, 0.15) is 59.4 Å². The predicted octanol–water partition coefficient (Wildman–Crippen LogP) is 3.12. The average Bonchev–Trinajstić information content (AvgIpc) is 3.53. The fourth-order valence-electron chi connectivity index (χ4n) is 5.57. The van der Waals surface area contributed by atoms with E-state index in [2.05, 4.69) is 10.7 Å². The second-order valence-corrected chi connectivity index (χ2v) is 15.4. The highest BCUT2D eigenvalue weighted by atomic mass is 32.2. The van der Waals surface area contributed by atoms with Gasteiger partial charge >= 0.3 is 0 Å². The van der Waals surface area contributed by atoms with Crippen LogP contribution in [-0.4, -0.2) is 85.7 Å². The van der Waals surface area contributed by atoms with Gasteiger partial charge in [-0.25, -0.2) is 13.4 Å². The van der Waals surface area contributed by atoms with Crippen LogP contribution in [0.5, 0.6) is 11.5 Å². The van der Waals surface area contributed by atoms with Crippen molar-refractivity contribution in [2.75, 3.05) is 32.8 Å². The van der Waals surface area contributed by atoms with Crippen molar-refractivity contribution in [2.24, 2.45) is 11.3 Å². The zero-order valence-corrected chi connectivity index (χ0v) is 27.8. The summed E-state index contributed by atoms with van der Waals surface area (Å²) in [4.78, 5) is 27.3. The second-order valence-electron chi connectivity index (χ2n) is 13.5. The first-order valence-electron chi connectivity index (χ1n) is 15.7. The fourth-order valence-corrected chi connectivity index (χ4v) is 7.21. The highest BCUT2D eigenvalue weighted by molar-refractivity contribution is 7.89. The van der Waals surface area contributed by atoms with Gasteiger partial charge in [-0.1, -0.05) is 65.0 Å². The van der Waals surface area contributed by atoms with Crippen molar-refractivity contribution < 1.29 is 32.6 Å². The van der Waals surface area contributed by atoms with Gasteiger partial charge in [-0.2, -0.15) is 4.31 Å². The Morgan fingerprint density at radius 3 is 2.36 bits per heavy atom. The van der Waals surface area contributed by atoms with Crippen LogP contribution in [0.4, 0.5) is 0 Å². The van der Waals surface area contributed by atoms with Crippen LogP contribution in [0.15, 0.2) is 53.4 Å². The molecule has 12 heteroatoms. The molecule has 11 nitrogen and oxygen atoms in total. The molecule has 2 aliphatic heterocycles. The predicted molar refractivity (Wildman–Crippen MR) is 171 cm³/mol. The standard InChI is InChI=1S/C33H48N4O7S/c1-23(2)21-36(45(41,42)25-13-14-29-30(19-25)44-17-16-43-29)22-28(38)27(18-24-10-7-6-8-11-24)37(31(39)20-33(3,4)5)35-32(40)26-12-9-15-34-26/h6-8,10-11,13-14,19,23,26-28,34,38H,9,12,15-18,20-22H2,1-5H3,(H,35,40)/t26?,27?,28-/m1/s1. The van der Waals surface area contributed by atoms with E-state index in [1.54, 1.807) is 6.07 Å². The van der Waals surface area contributed by atoms with E-state index in [0.29, 0.717) is 37.7 Å². The lowest BCUT2D eigenvalue weighted by molar-refractivity contribution is -0.150. The summed E-state index contributed by atoms with van der Waals surface area (Å²) in [5, 5.41) is 16.3. The average molecular weight is 645 g/mol. The SMILES string of the molecule is CC(C)CN(C[C@@H](O)C(Cc1ccccc1)N(NC(=O)C1CCCN1)C(=O)CC(C)(C)C)S(=O)(=O)c1ccc2c(c1)OCCO2. The normalized spacial score (nSPS) is 18.1. The summed E-state index contributed by atoms with van der Waals surface area (Å²) in [5.41, 5.74) is 3.25. The summed E-state index contributed by atoms with van der Waals surface area (Å²) < 4.78 is 40.6. The molecule has 0 aliphatic carbocycles. The number of ether oxygens (including phenoxy) is 2. The summed E-state index contributed by atoms with van der Waals surface area (Å²) in [5.74, 6) is 0.0287. The van der Waals surface area contributed by atoms with E-state index < -0.39 is 33.6 Å². The number of nitrogens with one attached hydrogen (secondary N) is 2. The van der Waals surface area contributed by atoms with Gasteiger partial charge in [-0.15, -0.1) is 0 Å². The van der Waals surface area contributed by atoms with Gasteiger partial charge in [0.25, 0.3) is 5.91 Å². The number of benzene rings is 2. The number of aliphatic hydroxyl groups is 1. The summed E-state index contributed by atoms with van der Waals surface area (Å²) in [6, 6.07) is 12.4. The monoisotopic (exact) mass is 644 g/mol. The van der Waals surface area contributed by atoms with Gasteiger partial charge in [-0.3, -0.25) is 15.0 Å². The number of carbonyl (C=O) groups is 2. The minimum atomic E-state index is -4.10. The van der Waals surface area contributed by atoms with Crippen molar-refractivity contribution in [2.45, 2.75) is 83.4 Å². The maximum Gasteiger partial charge on any atom is 0.255 e. The lowest BCUT2D eigenvalue weighted by Crippen LogP contribution is -2.61. The zero-order valence-electron chi connectivity index (χ0n) is 27.0.